The molecule has 0 saturated heterocycles. The van der Waals surface area contributed by atoms with Gasteiger partial charge in [0, 0.05) is 13.1 Å². The van der Waals surface area contributed by atoms with Crippen LogP contribution < -0.4 is 15.8 Å². The molecule has 1 amide bonds. The number of carbonyl (C=O) groups is 1. The second-order valence-corrected chi connectivity index (χ2v) is 3.66. The van der Waals surface area contributed by atoms with Crippen LogP contribution in [-0.2, 0) is 0 Å². The predicted octanol–water partition coefficient (Wildman–Crippen LogP) is 0.919. The van der Waals surface area contributed by atoms with Gasteiger partial charge in [-0.2, -0.15) is 0 Å². The van der Waals surface area contributed by atoms with Gasteiger partial charge < -0.3 is 20.7 Å². The number of amides is 1. The molecule has 0 bridgehead atoms. The van der Waals surface area contributed by atoms with E-state index in [1.54, 1.807) is 24.3 Å². The number of nitrogen functional groups attached to an aromatic ring is 1. The highest BCUT2D eigenvalue weighted by atomic mass is 16.6. The summed E-state index contributed by atoms with van der Waals surface area (Å²) in [4.78, 5) is 13.3. The van der Waals surface area contributed by atoms with E-state index in [0.717, 1.165) is 6.54 Å². The molecule has 5 nitrogen and oxygen atoms in total. The molecular formula is C11H17N3O2. The van der Waals surface area contributed by atoms with Gasteiger partial charge in [0.05, 0.1) is 5.69 Å². The number of likely N-dealkylation sites (N-methyl/N-ethyl adjacent to an activating group) is 1. The van der Waals surface area contributed by atoms with Crippen LogP contribution in [0.15, 0.2) is 24.3 Å². The third-order valence-electron chi connectivity index (χ3n) is 1.95. The second-order valence-electron chi connectivity index (χ2n) is 3.66. The maximum Gasteiger partial charge on any atom is 0.412 e. The van der Waals surface area contributed by atoms with Crippen LogP contribution in [0.4, 0.5) is 10.5 Å². The highest BCUT2D eigenvalue weighted by Crippen LogP contribution is 2.19. The van der Waals surface area contributed by atoms with E-state index < -0.39 is 6.09 Å². The number of anilines is 1. The second kappa shape index (κ2) is 5.97. The lowest BCUT2D eigenvalue weighted by Gasteiger charge is -2.11. The molecule has 1 aromatic carbocycles. The number of ether oxygens (including phenoxy) is 1. The minimum absolute atomic E-state index is 0.379. The normalized spacial score (nSPS) is 10.2. The van der Waals surface area contributed by atoms with Gasteiger partial charge in [0.15, 0.2) is 5.75 Å². The number of nitrogens with zero attached hydrogens (tertiary/aromatic N) is 1. The zero-order chi connectivity index (χ0) is 12.0. The Morgan fingerprint density at radius 2 is 2.12 bits per heavy atom. The number of para-hydroxylation sites is 2. The summed E-state index contributed by atoms with van der Waals surface area (Å²) in [6.45, 7) is 1.30. The van der Waals surface area contributed by atoms with E-state index >= 15 is 0 Å². The van der Waals surface area contributed by atoms with Crippen molar-refractivity contribution < 1.29 is 9.53 Å². The predicted molar refractivity (Wildman–Crippen MR) is 63.4 cm³/mol. The quantitative estimate of drug-likeness (QED) is 0.745. The Bertz CT molecular complexity index is 353. The standard InChI is InChI=1S/C11H17N3O2/c1-14(2)8-7-13-11(15)16-10-6-4-3-5-9(10)12/h3-6H,7-8,12H2,1-2H3,(H,13,15). The van der Waals surface area contributed by atoms with Crippen molar-refractivity contribution in [3.05, 3.63) is 24.3 Å². The van der Waals surface area contributed by atoms with Crippen LogP contribution in [0.1, 0.15) is 0 Å². The molecule has 0 aliphatic heterocycles. The Labute approximate surface area is 95.2 Å². The number of rotatable bonds is 4. The molecule has 0 saturated carbocycles. The smallest absolute Gasteiger partial charge is 0.408 e. The van der Waals surface area contributed by atoms with Crippen LogP contribution in [0.2, 0.25) is 0 Å². The van der Waals surface area contributed by atoms with E-state index in [0.29, 0.717) is 18.0 Å². The molecule has 3 N–H and O–H groups in total. The fourth-order valence-corrected chi connectivity index (χ4v) is 1.09. The number of benzene rings is 1. The average Bonchev–Trinajstić information content (AvgIpc) is 2.21. The Hall–Kier alpha value is -1.75. The van der Waals surface area contributed by atoms with Crippen molar-refractivity contribution in [1.29, 1.82) is 0 Å². The van der Waals surface area contributed by atoms with E-state index in [1.807, 2.05) is 19.0 Å². The molecule has 1 rings (SSSR count). The van der Waals surface area contributed by atoms with Crippen molar-refractivity contribution in [3.63, 3.8) is 0 Å². The van der Waals surface area contributed by atoms with Crippen LogP contribution >= 0.6 is 0 Å². The van der Waals surface area contributed by atoms with E-state index in [-0.39, 0.29) is 0 Å². The minimum Gasteiger partial charge on any atom is -0.408 e. The van der Waals surface area contributed by atoms with Crippen LogP contribution in [-0.4, -0.2) is 38.2 Å². The molecule has 16 heavy (non-hydrogen) atoms. The zero-order valence-electron chi connectivity index (χ0n) is 9.56. The van der Waals surface area contributed by atoms with Gasteiger partial charge in [-0.05, 0) is 26.2 Å². The Morgan fingerprint density at radius 3 is 2.75 bits per heavy atom. The molecule has 0 radical (unpaired) electrons. The fourth-order valence-electron chi connectivity index (χ4n) is 1.09. The van der Waals surface area contributed by atoms with Crippen molar-refractivity contribution in [2.75, 3.05) is 32.9 Å². The van der Waals surface area contributed by atoms with Gasteiger partial charge in [0.25, 0.3) is 0 Å². The molecule has 0 aliphatic carbocycles. The molecule has 0 atom stereocenters. The maximum atomic E-state index is 11.3. The van der Waals surface area contributed by atoms with Crippen molar-refractivity contribution >= 4 is 11.8 Å². The molecule has 0 spiro atoms. The number of carbonyl (C=O) groups excluding carboxylic acids is 1. The molecule has 0 heterocycles. The van der Waals surface area contributed by atoms with Crippen molar-refractivity contribution in [3.8, 4) is 5.75 Å². The highest BCUT2D eigenvalue weighted by Gasteiger charge is 2.05. The highest BCUT2D eigenvalue weighted by molar-refractivity contribution is 5.72. The maximum absolute atomic E-state index is 11.3. The topological polar surface area (TPSA) is 67.6 Å². The van der Waals surface area contributed by atoms with E-state index in [4.69, 9.17) is 10.5 Å². The van der Waals surface area contributed by atoms with Gasteiger partial charge in [0.1, 0.15) is 0 Å². The Balaban J connectivity index is 2.37. The first kappa shape index (κ1) is 12.3. The van der Waals surface area contributed by atoms with Gasteiger partial charge in [-0.3, -0.25) is 0 Å². The minimum atomic E-state index is -0.486. The lowest BCUT2D eigenvalue weighted by molar-refractivity contribution is 0.199. The summed E-state index contributed by atoms with van der Waals surface area (Å²) in [5.41, 5.74) is 6.08. The third kappa shape index (κ3) is 4.18. The molecule has 88 valence electrons. The van der Waals surface area contributed by atoms with Gasteiger partial charge in [-0.1, -0.05) is 12.1 Å². The molecule has 0 aliphatic rings. The molecule has 0 aromatic heterocycles. The van der Waals surface area contributed by atoms with E-state index in [2.05, 4.69) is 5.32 Å². The molecule has 5 heteroatoms. The van der Waals surface area contributed by atoms with Gasteiger partial charge in [0.2, 0.25) is 0 Å². The van der Waals surface area contributed by atoms with Crippen molar-refractivity contribution in [2.24, 2.45) is 0 Å². The zero-order valence-corrected chi connectivity index (χ0v) is 9.56. The lowest BCUT2D eigenvalue weighted by atomic mass is 10.3. The summed E-state index contributed by atoms with van der Waals surface area (Å²) in [6.07, 6.45) is -0.486. The van der Waals surface area contributed by atoms with Crippen molar-refractivity contribution in [2.45, 2.75) is 0 Å². The Morgan fingerprint density at radius 1 is 1.44 bits per heavy atom. The first-order valence-electron chi connectivity index (χ1n) is 5.04. The largest absolute Gasteiger partial charge is 0.412 e. The van der Waals surface area contributed by atoms with Gasteiger partial charge >= 0.3 is 6.09 Å². The first-order chi connectivity index (χ1) is 7.59. The number of nitrogens with one attached hydrogen (secondary N) is 1. The van der Waals surface area contributed by atoms with Crippen LogP contribution in [0.5, 0.6) is 5.75 Å². The summed E-state index contributed by atoms with van der Waals surface area (Å²) in [5.74, 6) is 0.379. The SMILES string of the molecule is CN(C)CCNC(=O)Oc1ccccc1N. The summed E-state index contributed by atoms with van der Waals surface area (Å²) in [7, 11) is 3.87. The Kier molecular flexibility index (Phi) is 4.60. The van der Waals surface area contributed by atoms with Crippen LogP contribution in [0.25, 0.3) is 0 Å². The van der Waals surface area contributed by atoms with Crippen LogP contribution in [0, 0.1) is 0 Å². The van der Waals surface area contributed by atoms with E-state index in [1.165, 1.54) is 0 Å². The number of hydrogen-bond acceptors (Lipinski definition) is 4. The number of hydrogen-bond donors (Lipinski definition) is 2. The summed E-state index contributed by atoms with van der Waals surface area (Å²) in [6, 6.07) is 6.88. The van der Waals surface area contributed by atoms with Gasteiger partial charge in [-0.25, -0.2) is 4.79 Å². The summed E-state index contributed by atoms with van der Waals surface area (Å²) in [5, 5.41) is 2.63. The van der Waals surface area contributed by atoms with Crippen LogP contribution in [0.3, 0.4) is 0 Å². The third-order valence-corrected chi connectivity index (χ3v) is 1.95. The van der Waals surface area contributed by atoms with Gasteiger partial charge in [-0.15, -0.1) is 0 Å². The lowest BCUT2D eigenvalue weighted by Crippen LogP contribution is -2.33. The average molecular weight is 223 g/mol. The monoisotopic (exact) mass is 223 g/mol. The molecule has 0 unspecified atom stereocenters. The summed E-state index contributed by atoms with van der Waals surface area (Å²) < 4.78 is 5.03. The molecule has 1 aromatic rings. The number of nitrogens with two attached hydrogens (primary N) is 1. The fraction of sp³-hybridized carbons (Fsp3) is 0.364. The first-order valence-corrected chi connectivity index (χ1v) is 5.04. The van der Waals surface area contributed by atoms with Crippen molar-refractivity contribution in [1.82, 2.24) is 10.2 Å². The molecule has 0 fully saturated rings. The van der Waals surface area contributed by atoms with E-state index in [9.17, 15) is 4.79 Å². The summed E-state index contributed by atoms with van der Waals surface area (Å²) >= 11 is 0. The molecular weight excluding hydrogens is 206 g/mol.